The molecule has 0 saturated heterocycles. The summed E-state index contributed by atoms with van der Waals surface area (Å²) >= 11 is 0. The highest BCUT2D eigenvalue weighted by molar-refractivity contribution is 5.92. The second-order valence-electron chi connectivity index (χ2n) is 5.65. The summed E-state index contributed by atoms with van der Waals surface area (Å²) in [6, 6.07) is 2.19. The molecule has 19 heavy (non-hydrogen) atoms. The molecule has 1 unspecified atom stereocenters. The lowest BCUT2D eigenvalue weighted by atomic mass is 10.0. The first-order valence-corrected chi connectivity index (χ1v) is 7.06. The molecule has 0 radical (unpaired) electrons. The van der Waals surface area contributed by atoms with Crippen LogP contribution in [0.1, 0.15) is 62.5 Å². The summed E-state index contributed by atoms with van der Waals surface area (Å²) in [5.74, 6) is -0.213. The molecule has 1 fully saturated rings. The second-order valence-corrected chi connectivity index (χ2v) is 5.65. The smallest absolute Gasteiger partial charge is 0.272 e. The fourth-order valence-corrected chi connectivity index (χ4v) is 2.41. The third kappa shape index (κ3) is 3.15. The van der Waals surface area contributed by atoms with E-state index < -0.39 is 5.54 Å². The summed E-state index contributed by atoms with van der Waals surface area (Å²) in [6.45, 7) is 3.70. The molecule has 106 valence electrons. The first-order chi connectivity index (χ1) is 9.08. The highest BCUT2D eigenvalue weighted by Crippen LogP contribution is 2.28. The molecule has 1 aromatic rings. The first-order valence-electron chi connectivity index (χ1n) is 7.06. The zero-order valence-electron chi connectivity index (χ0n) is 11.7. The number of aliphatic hydroxyl groups is 1. The number of nitrogens with one attached hydrogen (secondary N) is 1. The Bertz CT molecular complexity index is 432. The molecule has 1 heterocycles. The summed E-state index contributed by atoms with van der Waals surface area (Å²) in [5.41, 5.74) is -0.145. The summed E-state index contributed by atoms with van der Waals surface area (Å²) in [4.78, 5) is 12.1. The van der Waals surface area contributed by atoms with Crippen LogP contribution < -0.4 is 5.32 Å². The van der Waals surface area contributed by atoms with Crippen LogP contribution >= 0.6 is 0 Å². The number of rotatable bonds is 5. The summed E-state index contributed by atoms with van der Waals surface area (Å²) in [7, 11) is 0. The molecule has 2 rings (SSSR count). The monoisotopic (exact) mass is 265 g/mol. The van der Waals surface area contributed by atoms with E-state index in [1.807, 2.05) is 24.7 Å². The van der Waals surface area contributed by atoms with E-state index in [0.29, 0.717) is 18.2 Å². The molecule has 5 nitrogen and oxygen atoms in total. The summed E-state index contributed by atoms with van der Waals surface area (Å²) in [6.07, 6.45) is 7.33. The van der Waals surface area contributed by atoms with Crippen LogP contribution in [0.4, 0.5) is 0 Å². The standard InChI is InChI=1S/C14H23N3O2/c1-3-14(2,10-18)15-13(19)12-8-9-17(16-12)11-6-4-5-7-11/h8-9,11,18H,3-7,10H2,1-2H3,(H,15,19). The molecule has 1 amide bonds. The van der Waals surface area contributed by atoms with Gasteiger partial charge < -0.3 is 10.4 Å². The lowest BCUT2D eigenvalue weighted by Crippen LogP contribution is -2.48. The van der Waals surface area contributed by atoms with Crippen molar-refractivity contribution >= 4 is 5.91 Å². The van der Waals surface area contributed by atoms with Gasteiger partial charge in [-0.25, -0.2) is 0 Å². The summed E-state index contributed by atoms with van der Waals surface area (Å²) < 4.78 is 1.91. The molecule has 1 aromatic heterocycles. The quantitative estimate of drug-likeness (QED) is 0.854. The van der Waals surface area contributed by atoms with Crippen molar-refractivity contribution in [3.8, 4) is 0 Å². The zero-order chi connectivity index (χ0) is 13.9. The van der Waals surface area contributed by atoms with Gasteiger partial charge >= 0.3 is 0 Å². The molecule has 0 spiro atoms. The topological polar surface area (TPSA) is 67.2 Å². The summed E-state index contributed by atoms with van der Waals surface area (Å²) in [5, 5.41) is 16.5. The van der Waals surface area contributed by atoms with Crippen molar-refractivity contribution in [1.29, 1.82) is 0 Å². The number of aromatic nitrogens is 2. The van der Waals surface area contributed by atoms with Crippen molar-refractivity contribution in [3.63, 3.8) is 0 Å². The highest BCUT2D eigenvalue weighted by Gasteiger charge is 2.25. The van der Waals surface area contributed by atoms with Crippen LogP contribution in [-0.2, 0) is 0 Å². The number of carbonyl (C=O) groups is 1. The first kappa shape index (κ1) is 14.1. The Hall–Kier alpha value is -1.36. The van der Waals surface area contributed by atoms with E-state index in [1.165, 1.54) is 12.8 Å². The normalized spacial score (nSPS) is 19.3. The van der Waals surface area contributed by atoms with E-state index >= 15 is 0 Å². The van der Waals surface area contributed by atoms with Crippen molar-refractivity contribution in [1.82, 2.24) is 15.1 Å². The van der Waals surface area contributed by atoms with Gasteiger partial charge in [0.05, 0.1) is 18.2 Å². The van der Waals surface area contributed by atoms with E-state index in [9.17, 15) is 9.90 Å². The Labute approximate surface area is 114 Å². The number of nitrogens with zero attached hydrogens (tertiary/aromatic N) is 2. The Morgan fingerprint density at radius 3 is 2.84 bits per heavy atom. The van der Waals surface area contributed by atoms with Crippen LogP contribution in [0, 0.1) is 0 Å². The van der Waals surface area contributed by atoms with Gasteiger partial charge in [0.25, 0.3) is 5.91 Å². The van der Waals surface area contributed by atoms with Crippen LogP contribution in [0.2, 0.25) is 0 Å². The van der Waals surface area contributed by atoms with Gasteiger partial charge in [-0.05, 0) is 32.3 Å². The fraction of sp³-hybridized carbons (Fsp3) is 0.714. The lowest BCUT2D eigenvalue weighted by molar-refractivity contribution is 0.0841. The Kier molecular flexibility index (Phi) is 4.24. The molecular formula is C14H23N3O2. The van der Waals surface area contributed by atoms with Gasteiger partial charge in [0, 0.05) is 6.20 Å². The average Bonchev–Trinajstić information content (AvgIpc) is 3.08. The molecule has 5 heteroatoms. The molecule has 0 aromatic carbocycles. The van der Waals surface area contributed by atoms with E-state index in [4.69, 9.17) is 0 Å². The Balaban J connectivity index is 2.03. The predicted molar refractivity (Wildman–Crippen MR) is 73.0 cm³/mol. The Morgan fingerprint density at radius 1 is 1.58 bits per heavy atom. The zero-order valence-corrected chi connectivity index (χ0v) is 11.7. The third-order valence-corrected chi connectivity index (χ3v) is 4.08. The molecular weight excluding hydrogens is 242 g/mol. The van der Waals surface area contributed by atoms with Gasteiger partial charge in [0.1, 0.15) is 5.69 Å². The van der Waals surface area contributed by atoms with Gasteiger partial charge in [-0.2, -0.15) is 5.10 Å². The maximum atomic E-state index is 12.1. The van der Waals surface area contributed by atoms with Crippen molar-refractivity contribution < 1.29 is 9.90 Å². The number of aliphatic hydroxyl groups excluding tert-OH is 1. The van der Waals surface area contributed by atoms with Crippen LogP contribution in [0.3, 0.4) is 0 Å². The minimum atomic E-state index is -0.575. The number of hydrogen-bond acceptors (Lipinski definition) is 3. The lowest BCUT2D eigenvalue weighted by Gasteiger charge is -2.26. The molecule has 1 atom stereocenters. The van der Waals surface area contributed by atoms with E-state index in [2.05, 4.69) is 10.4 Å². The van der Waals surface area contributed by atoms with E-state index in [1.54, 1.807) is 6.07 Å². The highest BCUT2D eigenvalue weighted by atomic mass is 16.3. The maximum absolute atomic E-state index is 12.1. The van der Waals surface area contributed by atoms with E-state index in [0.717, 1.165) is 12.8 Å². The second kappa shape index (κ2) is 5.74. The van der Waals surface area contributed by atoms with Crippen molar-refractivity contribution in [2.24, 2.45) is 0 Å². The molecule has 0 aliphatic heterocycles. The fourth-order valence-electron chi connectivity index (χ4n) is 2.41. The van der Waals surface area contributed by atoms with E-state index in [-0.39, 0.29) is 12.5 Å². The average molecular weight is 265 g/mol. The van der Waals surface area contributed by atoms with Crippen LogP contribution in [-0.4, -0.2) is 32.9 Å². The molecule has 2 N–H and O–H groups in total. The minimum Gasteiger partial charge on any atom is -0.394 e. The number of amides is 1. The number of hydrogen-bond donors (Lipinski definition) is 2. The van der Waals surface area contributed by atoms with Gasteiger partial charge in [0.15, 0.2) is 0 Å². The number of carbonyl (C=O) groups excluding carboxylic acids is 1. The van der Waals surface area contributed by atoms with Crippen LogP contribution in [0.15, 0.2) is 12.3 Å². The third-order valence-electron chi connectivity index (χ3n) is 4.08. The maximum Gasteiger partial charge on any atom is 0.272 e. The van der Waals surface area contributed by atoms with Crippen LogP contribution in [0.25, 0.3) is 0 Å². The van der Waals surface area contributed by atoms with Gasteiger partial charge in [-0.1, -0.05) is 19.8 Å². The van der Waals surface area contributed by atoms with Crippen molar-refractivity contribution in [3.05, 3.63) is 18.0 Å². The van der Waals surface area contributed by atoms with Gasteiger partial charge in [0.2, 0.25) is 0 Å². The molecule has 1 aliphatic carbocycles. The molecule has 1 aliphatic rings. The molecule has 1 saturated carbocycles. The van der Waals surface area contributed by atoms with Gasteiger partial charge in [-0.3, -0.25) is 9.48 Å². The van der Waals surface area contributed by atoms with Gasteiger partial charge in [-0.15, -0.1) is 0 Å². The SMILES string of the molecule is CCC(C)(CO)NC(=O)c1ccn(C2CCCC2)n1. The largest absolute Gasteiger partial charge is 0.394 e. The van der Waals surface area contributed by atoms with Crippen molar-refractivity contribution in [2.75, 3.05) is 6.61 Å². The van der Waals surface area contributed by atoms with Crippen molar-refractivity contribution in [2.45, 2.75) is 57.5 Å². The molecule has 0 bridgehead atoms. The minimum absolute atomic E-state index is 0.0709. The Morgan fingerprint density at radius 2 is 2.26 bits per heavy atom. The van der Waals surface area contributed by atoms with Crippen LogP contribution in [0.5, 0.6) is 0 Å². The predicted octanol–water partition coefficient (Wildman–Crippen LogP) is 1.89.